The van der Waals surface area contributed by atoms with E-state index in [-0.39, 0.29) is 6.42 Å². The van der Waals surface area contributed by atoms with Gasteiger partial charge < -0.3 is 10.1 Å². The third-order valence-electron chi connectivity index (χ3n) is 3.17. The molecule has 6 heteroatoms. The normalized spacial score (nSPS) is 15.5. The van der Waals surface area contributed by atoms with Crippen molar-refractivity contribution in [2.75, 3.05) is 13.1 Å². The van der Waals surface area contributed by atoms with E-state index in [0.717, 1.165) is 30.7 Å². The smallest absolute Gasteiger partial charge is 0.419 e. The molecule has 0 fully saturated rings. The zero-order chi connectivity index (χ0) is 15.3. The minimum atomic E-state index is -4.54. The van der Waals surface area contributed by atoms with E-state index in [1.165, 1.54) is 12.1 Å². The van der Waals surface area contributed by atoms with Crippen LogP contribution in [0.3, 0.4) is 0 Å². The van der Waals surface area contributed by atoms with Gasteiger partial charge in [0.15, 0.2) is 0 Å². The molecule has 0 saturated carbocycles. The maximum absolute atomic E-state index is 12.8. The fraction of sp³-hybridized carbons (Fsp3) is 0.400. The molecule has 1 aliphatic heterocycles. The monoisotopic (exact) mass is 299 g/mol. The van der Waals surface area contributed by atoms with E-state index in [9.17, 15) is 18.0 Å². The topological polar surface area (TPSA) is 38.3 Å². The van der Waals surface area contributed by atoms with E-state index >= 15 is 0 Å². The largest absolute Gasteiger partial charge is 0.426 e. The van der Waals surface area contributed by atoms with Gasteiger partial charge in [-0.3, -0.25) is 4.79 Å². The van der Waals surface area contributed by atoms with Gasteiger partial charge >= 0.3 is 12.1 Å². The summed E-state index contributed by atoms with van der Waals surface area (Å²) in [5.74, 6) is -1.09. The lowest BCUT2D eigenvalue weighted by atomic mass is 10.1. The average molecular weight is 299 g/mol. The van der Waals surface area contributed by atoms with Crippen molar-refractivity contribution in [3.63, 3.8) is 0 Å². The van der Waals surface area contributed by atoms with Gasteiger partial charge in [0.2, 0.25) is 0 Å². The van der Waals surface area contributed by atoms with Crippen molar-refractivity contribution >= 4 is 5.97 Å². The van der Waals surface area contributed by atoms with Gasteiger partial charge in [0, 0.05) is 13.0 Å². The number of ether oxygens (including phenoxy) is 1. The first-order valence-corrected chi connectivity index (χ1v) is 6.72. The highest BCUT2D eigenvalue weighted by Gasteiger charge is 2.34. The second-order valence-corrected chi connectivity index (χ2v) is 4.80. The first-order valence-electron chi connectivity index (χ1n) is 6.72. The van der Waals surface area contributed by atoms with Gasteiger partial charge in [0.25, 0.3) is 0 Å². The molecule has 0 bridgehead atoms. The molecule has 1 aromatic carbocycles. The van der Waals surface area contributed by atoms with E-state index in [2.05, 4.69) is 5.32 Å². The van der Waals surface area contributed by atoms with E-state index in [0.29, 0.717) is 13.0 Å². The molecule has 0 amide bonds. The molecular formula is C15H16F3NO2. The van der Waals surface area contributed by atoms with Crippen LogP contribution in [-0.4, -0.2) is 19.1 Å². The predicted octanol–water partition coefficient (Wildman–Crippen LogP) is 3.31. The quantitative estimate of drug-likeness (QED) is 0.526. The van der Waals surface area contributed by atoms with Crippen molar-refractivity contribution in [1.82, 2.24) is 5.32 Å². The Balaban J connectivity index is 1.95. The lowest BCUT2D eigenvalue weighted by molar-refractivity contribution is -0.142. The fourth-order valence-corrected chi connectivity index (χ4v) is 2.12. The van der Waals surface area contributed by atoms with E-state index in [1.54, 1.807) is 0 Å². The maximum atomic E-state index is 12.8. The number of alkyl halides is 3. The Hall–Kier alpha value is -1.82. The Morgan fingerprint density at radius 2 is 2.05 bits per heavy atom. The molecule has 0 atom stereocenters. The highest BCUT2D eigenvalue weighted by Crippen LogP contribution is 2.36. The van der Waals surface area contributed by atoms with Crippen LogP contribution in [-0.2, 0) is 11.0 Å². The van der Waals surface area contributed by atoms with Crippen LogP contribution in [0.4, 0.5) is 13.2 Å². The molecule has 114 valence electrons. The summed E-state index contributed by atoms with van der Waals surface area (Å²) in [6.07, 6.45) is -1.01. The van der Waals surface area contributed by atoms with Crippen LogP contribution in [0.2, 0.25) is 0 Å². The van der Waals surface area contributed by atoms with Crippen LogP contribution in [0.15, 0.2) is 35.9 Å². The summed E-state index contributed by atoms with van der Waals surface area (Å²) < 4.78 is 43.2. The van der Waals surface area contributed by atoms with Crippen LogP contribution >= 0.6 is 0 Å². The summed E-state index contributed by atoms with van der Waals surface area (Å²) >= 11 is 0. The number of halogens is 3. The Kier molecular flexibility index (Phi) is 5.01. The molecule has 0 aliphatic carbocycles. The van der Waals surface area contributed by atoms with E-state index in [1.807, 2.05) is 6.08 Å². The van der Waals surface area contributed by atoms with Crippen molar-refractivity contribution in [2.45, 2.75) is 25.4 Å². The van der Waals surface area contributed by atoms with Crippen molar-refractivity contribution in [3.05, 3.63) is 41.5 Å². The summed E-state index contributed by atoms with van der Waals surface area (Å²) in [6, 6.07) is 4.72. The van der Waals surface area contributed by atoms with Crippen molar-refractivity contribution in [2.24, 2.45) is 0 Å². The molecular weight excluding hydrogens is 283 g/mol. The minimum absolute atomic E-state index is 0.0692. The fourth-order valence-electron chi connectivity index (χ4n) is 2.12. The molecule has 3 nitrogen and oxygen atoms in total. The van der Waals surface area contributed by atoms with E-state index < -0.39 is 23.5 Å². The molecule has 0 saturated heterocycles. The number of hydrogen-bond donors (Lipinski definition) is 1. The highest BCUT2D eigenvalue weighted by molar-refractivity contribution is 5.73. The first-order chi connectivity index (χ1) is 9.97. The summed E-state index contributed by atoms with van der Waals surface area (Å²) in [5.41, 5.74) is 0.152. The molecule has 0 spiro atoms. The average Bonchev–Trinajstić information content (AvgIpc) is 2.46. The van der Waals surface area contributed by atoms with Crippen LogP contribution in [0, 0.1) is 0 Å². The summed E-state index contributed by atoms with van der Waals surface area (Å²) in [7, 11) is 0. The molecule has 1 aliphatic rings. The standard InChI is InChI=1S/C15H16F3NO2/c16-15(17,18)12-5-1-2-6-13(12)21-14(20)8-7-11-4-3-9-19-10-11/h1-2,4-6,19H,3,7-10H2. The van der Waals surface area contributed by atoms with Gasteiger partial charge in [0.05, 0.1) is 5.56 Å². The van der Waals surface area contributed by atoms with Gasteiger partial charge in [-0.05, 0) is 31.5 Å². The van der Waals surface area contributed by atoms with Gasteiger partial charge in [-0.25, -0.2) is 0 Å². The van der Waals surface area contributed by atoms with Crippen molar-refractivity contribution < 1.29 is 22.7 Å². The van der Waals surface area contributed by atoms with Crippen molar-refractivity contribution in [3.8, 4) is 5.75 Å². The Morgan fingerprint density at radius 3 is 2.71 bits per heavy atom. The molecule has 1 N–H and O–H groups in total. The number of benzene rings is 1. The number of para-hydroxylation sites is 1. The van der Waals surface area contributed by atoms with Crippen molar-refractivity contribution in [1.29, 1.82) is 0 Å². The van der Waals surface area contributed by atoms with Gasteiger partial charge in [-0.2, -0.15) is 13.2 Å². The number of rotatable bonds is 4. The molecule has 21 heavy (non-hydrogen) atoms. The lowest BCUT2D eigenvalue weighted by Crippen LogP contribution is -2.23. The van der Waals surface area contributed by atoms with Crippen LogP contribution in [0.25, 0.3) is 0 Å². The maximum Gasteiger partial charge on any atom is 0.419 e. The third-order valence-corrected chi connectivity index (χ3v) is 3.17. The second kappa shape index (κ2) is 6.76. The number of hydrogen-bond acceptors (Lipinski definition) is 3. The lowest BCUT2D eigenvalue weighted by Gasteiger charge is -2.15. The predicted molar refractivity (Wildman–Crippen MR) is 71.9 cm³/mol. The second-order valence-electron chi connectivity index (χ2n) is 4.80. The molecule has 0 unspecified atom stereocenters. The van der Waals surface area contributed by atoms with Crippen LogP contribution in [0.1, 0.15) is 24.8 Å². The molecule has 0 radical (unpaired) electrons. The summed E-state index contributed by atoms with van der Waals surface area (Å²) in [4.78, 5) is 11.7. The van der Waals surface area contributed by atoms with E-state index in [4.69, 9.17) is 4.74 Å². The molecule has 1 heterocycles. The minimum Gasteiger partial charge on any atom is -0.426 e. The number of nitrogens with one attached hydrogen (secondary N) is 1. The highest BCUT2D eigenvalue weighted by atomic mass is 19.4. The number of carbonyl (C=O) groups excluding carboxylic acids is 1. The summed E-state index contributed by atoms with van der Waals surface area (Å²) in [5, 5.41) is 3.17. The molecule has 0 aromatic heterocycles. The molecule has 1 aromatic rings. The number of carbonyl (C=O) groups is 1. The zero-order valence-electron chi connectivity index (χ0n) is 11.4. The SMILES string of the molecule is O=C(CCC1=CCCNC1)Oc1ccccc1C(F)(F)F. The Morgan fingerprint density at radius 1 is 1.29 bits per heavy atom. The Bertz CT molecular complexity index is 538. The Labute approximate surface area is 120 Å². The number of esters is 1. The van der Waals surface area contributed by atoms with Gasteiger partial charge in [-0.15, -0.1) is 0 Å². The molecule has 2 rings (SSSR count). The first kappa shape index (κ1) is 15.6. The zero-order valence-corrected chi connectivity index (χ0v) is 11.4. The van der Waals surface area contributed by atoms with Gasteiger partial charge in [-0.1, -0.05) is 23.8 Å². The van der Waals surface area contributed by atoms with Crippen LogP contribution < -0.4 is 10.1 Å². The van der Waals surface area contributed by atoms with Gasteiger partial charge in [0.1, 0.15) is 5.75 Å². The summed E-state index contributed by atoms with van der Waals surface area (Å²) in [6.45, 7) is 1.62. The third kappa shape index (κ3) is 4.60. The van der Waals surface area contributed by atoms with Crippen LogP contribution in [0.5, 0.6) is 5.75 Å².